The van der Waals surface area contributed by atoms with Crippen LogP contribution in [0.4, 0.5) is 0 Å². The molecular formula is C48H84N2O6. The molecule has 0 radical (unpaired) electrons. The lowest BCUT2D eigenvalue weighted by atomic mass is 9.43. The van der Waals surface area contributed by atoms with Crippen molar-refractivity contribution in [3.8, 4) is 0 Å². The fourth-order valence-corrected chi connectivity index (χ4v) is 12.4. The molecule has 0 bridgehead atoms. The summed E-state index contributed by atoms with van der Waals surface area (Å²) in [6, 6.07) is -0.910. The summed E-state index contributed by atoms with van der Waals surface area (Å²) < 4.78 is 0. The molecule has 4 fully saturated rings. The fourth-order valence-electron chi connectivity index (χ4n) is 12.4. The highest BCUT2D eigenvalue weighted by Gasteiger charge is 2.62. The Hall–Kier alpha value is -1.93. The molecule has 4 saturated carbocycles. The van der Waals surface area contributed by atoms with Gasteiger partial charge in [-0.25, -0.2) is 4.79 Å². The zero-order valence-corrected chi connectivity index (χ0v) is 36.2. The molecule has 0 heterocycles. The van der Waals surface area contributed by atoms with Gasteiger partial charge in [0.1, 0.15) is 6.04 Å². The number of unbranched alkanes of at least 4 members (excludes halogenated alkanes) is 12. The van der Waals surface area contributed by atoms with Crippen molar-refractivity contribution in [1.29, 1.82) is 0 Å². The van der Waals surface area contributed by atoms with Gasteiger partial charge in [-0.15, -0.1) is 0 Å². The minimum Gasteiger partial charge on any atom is -0.480 e. The summed E-state index contributed by atoms with van der Waals surface area (Å²) in [5, 5.41) is 37.6. The number of carbonyl (C=O) groups excluding carboxylic acids is 2. The third kappa shape index (κ3) is 13.3. The van der Waals surface area contributed by atoms with Gasteiger partial charge in [-0.3, -0.25) is 9.59 Å². The maximum atomic E-state index is 13.0. The molecule has 0 spiro atoms. The second kappa shape index (κ2) is 23.6. The van der Waals surface area contributed by atoms with Crippen LogP contribution in [0.1, 0.15) is 201 Å². The number of aliphatic carboxylic acids is 1. The first-order valence-electron chi connectivity index (χ1n) is 23.7. The van der Waals surface area contributed by atoms with E-state index in [2.05, 4.69) is 50.5 Å². The van der Waals surface area contributed by atoms with Crippen molar-refractivity contribution in [2.75, 3.05) is 6.54 Å². The van der Waals surface area contributed by atoms with Gasteiger partial charge in [-0.2, -0.15) is 0 Å². The standard InChI is InChI=1S/C48H84N2O6/c1-5-6-7-8-9-10-11-12-13-14-15-16-17-18-19-23-43(53)49-32-21-20-22-41(46(55)56)50-44(54)27-24-35(2)38-25-26-39-45-40(29-31-48(38,39)4)47(3)30-28-37(51)33-36(47)34-42(45)52/h12-13,35-42,45,51-52H,5-11,14-34H2,1-4H3,(H,49,53)(H,50,54)(H,55,56)/b13-12-/t35-,36+,37-,38?,39+,40+,41?,42-,45+,47+,48-/m1/s1. The van der Waals surface area contributed by atoms with Crippen molar-refractivity contribution in [3.05, 3.63) is 12.2 Å². The van der Waals surface area contributed by atoms with Crippen molar-refractivity contribution < 1.29 is 29.7 Å². The van der Waals surface area contributed by atoms with Crippen LogP contribution >= 0.6 is 0 Å². The zero-order valence-electron chi connectivity index (χ0n) is 36.2. The third-order valence-corrected chi connectivity index (χ3v) is 15.8. The van der Waals surface area contributed by atoms with E-state index in [4.69, 9.17) is 0 Å². The first-order valence-corrected chi connectivity index (χ1v) is 23.7. The fraction of sp³-hybridized carbons (Fsp3) is 0.896. The molecule has 56 heavy (non-hydrogen) atoms. The third-order valence-electron chi connectivity index (χ3n) is 15.8. The van der Waals surface area contributed by atoms with Crippen LogP contribution in [0.3, 0.4) is 0 Å². The van der Waals surface area contributed by atoms with E-state index in [0.717, 1.165) is 77.0 Å². The second-order valence-electron chi connectivity index (χ2n) is 19.6. The van der Waals surface area contributed by atoms with Crippen molar-refractivity contribution >= 4 is 17.8 Å². The van der Waals surface area contributed by atoms with Crippen LogP contribution in [-0.4, -0.2) is 57.9 Å². The minimum atomic E-state index is -1.00. The number of aliphatic hydroxyl groups excluding tert-OH is 2. The zero-order chi connectivity index (χ0) is 40.6. The number of hydrogen-bond acceptors (Lipinski definition) is 5. The highest BCUT2D eigenvalue weighted by Crippen LogP contribution is 2.68. The first kappa shape index (κ1) is 46.8. The molecule has 4 aliphatic rings. The SMILES string of the molecule is CCCCCCCC/C=C\CCCCCCCC(=O)NCCCCC(NC(=O)CC[C@@H](C)C1CC[C@H]2[C@@H]3[C@H](O)C[C@@H]4C[C@H](O)CC[C@]4(C)[C@H]3CC[C@]12C)C(=O)O. The molecule has 0 aromatic carbocycles. The Kier molecular flexibility index (Phi) is 19.7. The quantitative estimate of drug-likeness (QED) is 0.0438. The van der Waals surface area contributed by atoms with E-state index < -0.39 is 12.0 Å². The van der Waals surface area contributed by atoms with Crippen molar-refractivity contribution in [2.24, 2.45) is 46.3 Å². The monoisotopic (exact) mass is 785 g/mol. The van der Waals surface area contributed by atoms with Gasteiger partial charge in [0.15, 0.2) is 0 Å². The average Bonchev–Trinajstić information content (AvgIpc) is 3.52. The highest BCUT2D eigenvalue weighted by atomic mass is 16.4. The Balaban J connectivity index is 1.05. The maximum Gasteiger partial charge on any atom is 0.326 e. The van der Waals surface area contributed by atoms with Gasteiger partial charge in [0.05, 0.1) is 12.2 Å². The van der Waals surface area contributed by atoms with Crippen LogP contribution in [-0.2, 0) is 14.4 Å². The molecule has 0 aliphatic heterocycles. The van der Waals surface area contributed by atoms with E-state index in [-0.39, 0.29) is 34.9 Å². The van der Waals surface area contributed by atoms with Gasteiger partial charge in [0, 0.05) is 19.4 Å². The number of carboxylic acids is 1. The summed E-state index contributed by atoms with van der Waals surface area (Å²) >= 11 is 0. The van der Waals surface area contributed by atoms with E-state index in [1.165, 1.54) is 64.2 Å². The van der Waals surface area contributed by atoms with Crippen LogP contribution in [0.25, 0.3) is 0 Å². The molecule has 8 heteroatoms. The maximum absolute atomic E-state index is 13.0. The number of aliphatic hydroxyl groups is 2. The Morgan fingerprint density at radius 2 is 1.36 bits per heavy atom. The molecule has 2 unspecified atom stereocenters. The second-order valence-corrected chi connectivity index (χ2v) is 19.6. The number of fused-ring (bicyclic) bond motifs is 5. The van der Waals surface area contributed by atoms with Crippen LogP contribution in [0, 0.1) is 46.3 Å². The summed E-state index contributed by atoms with van der Waals surface area (Å²) in [6.45, 7) is 9.97. The van der Waals surface area contributed by atoms with Gasteiger partial charge in [-0.1, -0.05) is 91.2 Å². The number of rotatable bonds is 26. The number of allylic oxidation sites excluding steroid dienone is 2. The highest BCUT2D eigenvalue weighted by molar-refractivity contribution is 5.83. The molecular weight excluding hydrogens is 701 g/mol. The Morgan fingerprint density at radius 1 is 0.714 bits per heavy atom. The normalized spacial score (nSPS) is 32.3. The number of carboxylic acid groups (broad SMARTS) is 1. The number of hydrogen-bond donors (Lipinski definition) is 5. The smallest absolute Gasteiger partial charge is 0.326 e. The van der Waals surface area contributed by atoms with Crippen LogP contribution in [0.5, 0.6) is 0 Å². The molecule has 11 atom stereocenters. The molecule has 0 aromatic heterocycles. The van der Waals surface area contributed by atoms with Gasteiger partial charge in [0.25, 0.3) is 0 Å². The Bertz CT molecular complexity index is 1220. The van der Waals surface area contributed by atoms with E-state index >= 15 is 0 Å². The Labute approximate surface area is 341 Å². The van der Waals surface area contributed by atoms with Crippen LogP contribution in [0.2, 0.25) is 0 Å². The van der Waals surface area contributed by atoms with Gasteiger partial charge < -0.3 is 26.0 Å². The minimum absolute atomic E-state index is 0.0677. The lowest BCUT2D eigenvalue weighted by molar-refractivity contribution is -0.174. The van der Waals surface area contributed by atoms with E-state index in [9.17, 15) is 29.7 Å². The predicted octanol–water partition coefficient (Wildman–Crippen LogP) is 10.3. The van der Waals surface area contributed by atoms with Gasteiger partial charge >= 0.3 is 5.97 Å². The van der Waals surface area contributed by atoms with Gasteiger partial charge in [-0.05, 0) is 155 Å². The number of nitrogens with one attached hydrogen (secondary N) is 2. The van der Waals surface area contributed by atoms with Crippen molar-refractivity contribution in [3.63, 3.8) is 0 Å². The largest absolute Gasteiger partial charge is 0.480 e. The molecule has 0 saturated heterocycles. The molecule has 0 aromatic rings. The summed E-state index contributed by atoms with van der Waals surface area (Å²) in [6.07, 6.45) is 31.7. The molecule has 5 N–H and O–H groups in total. The van der Waals surface area contributed by atoms with E-state index in [1.807, 2.05) is 0 Å². The van der Waals surface area contributed by atoms with E-state index in [0.29, 0.717) is 74.2 Å². The number of amides is 2. The molecule has 4 aliphatic carbocycles. The molecule has 2 amide bonds. The molecule has 4 rings (SSSR count). The van der Waals surface area contributed by atoms with Crippen molar-refractivity contribution in [1.82, 2.24) is 10.6 Å². The van der Waals surface area contributed by atoms with Crippen LogP contribution < -0.4 is 10.6 Å². The number of carbonyl (C=O) groups is 3. The lowest BCUT2D eigenvalue weighted by Crippen LogP contribution is -2.58. The van der Waals surface area contributed by atoms with Crippen LogP contribution in [0.15, 0.2) is 12.2 Å². The summed E-state index contributed by atoms with van der Waals surface area (Å²) in [7, 11) is 0. The topological polar surface area (TPSA) is 136 Å². The van der Waals surface area contributed by atoms with Crippen molar-refractivity contribution in [2.45, 2.75) is 219 Å². The Morgan fingerprint density at radius 3 is 2.05 bits per heavy atom. The summed E-state index contributed by atoms with van der Waals surface area (Å²) in [4.78, 5) is 37.4. The molecule has 8 nitrogen and oxygen atoms in total. The average molecular weight is 785 g/mol. The first-order chi connectivity index (χ1) is 26.9. The predicted molar refractivity (Wildman–Crippen MR) is 227 cm³/mol. The molecule has 322 valence electrons. The summed E-state index contributed by atoms with van der Waals surface area (Å²) in [5.74, 6) is 1.47. The van der Waals surface area contributed by atoms with E-state index in [1.54, 1.807) is 0 Å². The lowest BCUT2D eigenvalue weighted by Gasteiger charge is -2.62. The van der Waals surface area contributed by atoms with Gasteiger partial charge in [0.2, 0.25) is 11.8 Å². The summed E-state index contributed by atoms with van der Waals surface area (Å²) in [5.41, 5.74) is 0.364.